The summed E-state index contributed by atoms with van der Waals surface area (Å²) in [7, 11) is 1.53. The van der Waals surface area contributed by atoms with Gasteiger partial charge in [0.05, 0.1) is 18.4 Å². The van der Waals surface area contributed by atoms with Gasteiger partial charge in [-0.2, -0.15) is 13.2 Å². The van der Waals surface area contributed by atoms with Gasteiger partial charge in [0.15, 0.2) is 6.61 Å². The predicted octanol–water partition coefficient (Wildman–Crippen LogP) is 2.74. The molecular weight excluding hydrogens is 391 g/mol. The minimum Gasteiger partial charge on any atom is -0.495 e. The van der Waals surface area contributed by atoms with Gasteiger partial charge < -0.3 is 14.8 Å². The van der Waals surface area contributed by atoms with Crippen LogP contribution in [0.1, 0.15) is 12.0 Å². The molecule has 2 rings (SSSR count). The zero-order valence-electron chi connectivity index (χ0n) is 15.5. The van der Waals surface area contributed by atoms with Crippen LogP contribution in [0.25, 0.3) is 0 Å². The Kier molecular flexibility index (Phi) is 7.70. The summed E-state index contributed by atoms with van der Waals surface area (Å²) >= 11 is 0. The number of carbonyl (C=O) groups excluding carboxylic acids is 2. The van der Waals surface area contributed by atoms with E-state index in [4.69, 9.17) is 9.47 Å². The third-order valence-corrected chi connectivity index (χ3v) is 3.65. The molecule has 0 spiro atoms. The van der Waals surface area contributed by atoms with Crippen molar-refractivity contribution in [2.45, 2.75) is 12.6 Å². The highest BCUT2D eigenvalue weighted by molar-refractivity contribution is 5.83. The second kappa shape index (κ2) is 10.2. The van der Waals surface area contributed by atoms with Gasteiger partial charge in [-0.25, -0.2) is 0 Å². The van der Waals surface area contributed by atoms with Crippen molar-refractivity contribution in [3.05, 3.63) is 54.1 Å². The second-order valence-corrected chi connectivity index (χ2v) is 5.79. The second-order valence-electron chi connectivity index (χ2n) is 5.79. The summed E-state index contributed by atoms with van der Waals surface area (Å²) in [4.78, 5) is 23.4. The molecule has 0 unspecified atom stereocenters. The number of anilines is 1. The van der Waals surface area contributed by atoms with E-state index in [1.165, 1.54) is 19.2 Å². The number of hydrogen-bond donors (Lipinski definition) is 3. The van der Waals surface area contributed by atoms with E-state index in [0.29, 0.717) is 12.3 Å². The molecule has 2 aromatic carbocycles. The first-order chi connectivity index (χ1) is 13.8. The predicted molar refractivity (Wildman–Crippen MR) is 99.3 cm³/mol. The Labute approximate surface area is 165 Å². The number of para-hydroxylation sites is 2. The number of hydrogen-bond acceptors (Lipinski definition) is 5. The van der Waals surface area contributed by atoms with Crippen molar-refractivity contribution >= 4 is 17.5 Å². The topological polar surface area (TPSA) is 88.7 Å². The van der Waals surface area contributed by atoms with Crippen molar-refractivity contribution in [3.63, 3.8) is 0 Å². The van der Waals surface area contributed by atoms with E-state index in [2.05, 4.69) is 16.2 Å². The van der Waals surface area contributed by atoms with Crippen LogP contribution in [-0.4, -0.2) is 32.1 Å². The SMILES string of the molecule is COc1ccccc1NCCC(=O)NNC(=O)COc1cccc(C(F)(F)F)c1. The quantitative estimate of drug-likeness (QED) is 0.582. The minimum absolute atomic E-state index is 0.0623. The zero-order chi connectivity index (χ0) is 21.3. The molecule has 0 saturated heterocycles. The standard InChI is InChI=1S/C19H20F3N3O4/c1-28-16-8-3-2-7-15(16)23-10-9-17(26)24-25-18(27)12-29-14-6-4-5-13(11-14)19(20,21)22/h2-8,11,23H,9-10,12H2,1H3,(H,24,26)(H,25,27). The van der Waals surface area contributed by atoms with Crippen LogP contribution >= 0.6 is 0 Å². The monoisotopic (exact) mass is 411 g/mol. The maximum absolute atomic E-state index is 12.6. The average Bonchev–Trinajstić information content (AvgIpc) is 2.70. The Bertz CT molecular complexity index is 843. The zero-order valence-corrected chi connectivity index (χ0v) is 15.5. The number of alkyl halides is 3. The molecular formula is C19H20F3N3O4. The third-order valence-electron chi connectivity index (χ3n) is 3.65. The molecule has 0 fully saturated rings. The molecule has 3 N–H and O–H groups in total. The fourth-order valence-electron chi connectivity index (χ4n) is 2.25. The molecule has 29 heavy (non-hydrogen) atoms. The molecule has 0 radical (unpaired) electrons. The third kappa shape index (κ3) is 7.24. The van der Waals surface area contributed by atoms with E-state index in [9.17, 15) is 22.8 Å². The molecule has 0 bridgehead atoms. The number of rotatable bonds is 8. The molecule has 0 aliphatic rings. The molecule has 156 valence electrons. The van der Waals surface area contributed by atoms with Crippen molar-refractivity contribution in [3.8, 4) is 11.5 Å². The van der Waals surface area contributed by atoms with Crippen LogP contribution in [0, 0.1) is 0 Å². The van der Waals surface area contributed by atoms with Crippen LogP contribution in [0.4, 0.5) is 18.9 Å². The van der Waals surface area contributed by atoms with Gasteiger partial charge in [-0.3, -0.25) is 20.4 Å². The number of halogens is 3. The molecule has 7 nitrogen and oxygen atoms in total. The van der Waals surface area contributed by atoms with Crippen LogP contribution in [0.2, 0.25) is 0 Å². The highest BCUT2D eigenvalue weighted by atomic mass is 19.4. The fraction of sp³-hybridized carbons (Fsp3) is 0.263. The largest absolute Gasteiger partial charge is 0.495 e. The van der Waals surface area contributed by atoms with Gasteiger partial charge in [-0.15, -0.1) is 0 Å². The Morgan fingerprint density at radius 2 is 1.72 bits per heavy atom. The van der Waals surface area contributed by atoms with Crippen LogP contribution in [0.15, 0.2) is 48.5 Å². The van der Waals surface area contributed by atoms with Gasteiger partial charge in [0.1, 0.15) is 11.5 Å². The number of benzene rings is 2. The van der Waals surface area contributed by atoms with Crippen molar-refractivity contribution < 1.29 is 32.2 Å². The molecule has 0 saturated carbocycles. The molecule has 0 atom stereocenters. The Morgan fingerprint density at radius 3 is 2.45 bits per heavy atom. The Balaban J connectivity index is 1.69. The number of nitrogens with one attached hydrogen (secondary N) is 3. The highest BCUT2D eigenvalue weighted by Gasteiger charge is 2.30. The number of hydrazine groups is 1. The first-order valence-corrected chi connectivity index (χ1v) is 8.54. The van der Waals surface area contributed by atoms with Gasteiger partial charge in [0, 0.05) is 13.0 Å². The Morgan fingerprint density at radius 1 is 1.00 bits per heavy atom. The lowest BCUT2D eigenvalue weighted by molar-refractivity contribution is -0.137. The fourth-order valence-corrected chi connectivity index (χ4v) is 2.25. The molecule has 2 amide bonds. The average molecular weight is 411 g/mol. The van der Waals surface area contributed by atoms with Crippen molar-refractivity contribution in [1.29, 1.82) is 0 Å². The normalized spacial score (nSPS) is 10.8. The lowest BCUT2D eigenvalue weighted by Crippen LogP contribution is -2.44. The lowest BCUT2D eigenvalue weighted by atomic mass is 10.2. The van der Waals surface area contributed by atoms with Crippen LogP contribution < -0.4 is 25.6 Å². The van der Waals surface area contributed by atoms with E-state index >= 15 is 0 Å². The highest BCUT2D eigenvalue weighted by Crippen LogP contribution is 2.31. The van der Waals surface area contributed by atoms with E-state index in [-0.39, 0.29) is 12.2 Å². The van der Waals surface area contributed by atoms with Gasteiger partial charge in [0.2, 0.25) is 5.91 Å². The first kappa shape index (κ1) is 21.9. The van der Waals surface area contributed by atoms with E-state index in [1.54, 1.807) is 12.1 Å². The maximum atomic E-state index is 12.6. The summed E-state index contributed by atoms with van der Waals surface area (Å²) in [6.45, 7) is -0.260. The lowest BCUT2D eigenvalue weighted by Gasteiger charge is -2.12. The summed E-state index contributed by atoms with van der Waals surface area (Å²) in [5, 5.41) is 3.03. The van der Waals surface area contributed by atoms with Gasteiger partial charge in [-0.05, 0) is 30.3 Å². The summed E-state index contributed by atoms with van der Waals surface area (Å²) in [5.41, 5.74) is 4.17. The number of ether oxygens (including phenoxy) is 2. The number of methoxy groups -OCH3 is 1. The number of carbonyl (C=O) groups is 2. The smallest absolute Gasteiger partial charge is 0.416 e. The van der Waals surface area contributed by atoms with Crippen LogP contribution in [-0.2, 0) is 15.8 Å². The molecule has 10 heteroatoms. The van der Waals surface area contributed by atoms with Crippen molar-refractivity contribution in [2.75, 3.05) is 25.6 Å². The summed E-state index contributed by atoms with van der Waals surface area (Å²) < 4.78 is 48.1. The minimum atomic E-state index is -4.51. The molecule has 0 aliphatic heterocycles. The van der Waals surface area contributed by atoms with Gasteiger partial charge >= 0.3 is 6.18 Å². The first-order valence-electron chi connectivity index (χ1n) is 8.54. The number of amides is 2. The van der Waals surface area contributed by atoms with E-state index in [0.717, 1.165) is 17.8 Å². The van der Waals surface area contributed by atoms with Crippen molar-refractivity contribution in [1.82, 2.24) is 10.9 Å². The summed E-state index contributed by atoms with van der Waals surface area (Å²) in [6.07, 6.45) is -4.44. The van der Waals surface area contributed by atoms with Crippen LogP contribution in [0.5, 0.6) is 11.5 Å². The summed E-state index contributed by atoms with van der Waals surface area (Å²) in [6, 6.07) is 11.3. The maximum Gasteiger partial charge on any atom is 0.416 e. The molecule has 0 heterocycles. The van der Waals surface area contributed by atoms with Crippen LogP contribution in [0.3, 0.4) is 0 Å². The molecule has 0 aliphatic carbocycles. The van der Waals surface area contributed by atoms with Gasteiger partial charge in [0.25, 0.3) is 5.91 Å². The molecule has 0 aromatic heterocycles. The van der Waals surface area contributed by atoms with Gasteiger partial charge in [-0.1, -0.05) is 18.2 Å². The summed E-state index contributed by atoms with van der Waals surface area (Å²) in [5.74, 6) is -0.650. The van der Waals surface area contributed by atoms with Crippen molar-refractivity contribution in [2.24, 2.45) is 0 Å². The van der Waals surface area contributed by atoms with E-state index in [1.807, 2.05) is 12.1 Å². The van der Waals surface area contributed by atoms with E-state index < -0.39 is 30.2 Å². The Hall–Kier alpha value is -3.43. The molecule has 2 aromatic rings.